The van der Waals surface area contributed by atoms with E-state index in [1.807, 2.05) is 0 Å². The Hall–Kier alpha value is -0.770. The Labute approximate surface area is 61.6 Å². The summed E-state index contributed by atoms with van der Waals surface area (Å²) < 4.78 is 30.2. The van der Waals surface area contributed by atoms with Crippen molar-refractivity contribution in [3.8, 4) is 6.07 Å². The van der Waals surface area contributed by atoms with Crippen molar-refractivity contribution in [1.29, 1.82) is 5.26 Å². The topological polar surface area (TPSA) is 23.8 Å². The van der Waals surface area contributed by atoms with Crippen LogP contribution in [-0.2, 0) is 0 Å². The molecule has 0 aromatic carbocycles. The molecule has 0 aliphatic heterocycles. The summed E-state index contributed by atoms with van der Waals surface area (Å²) in [5, 5.41) is 8.29. The lowest BCUT2D eigenvalue weighted by molar-refractivity contribution is 0.686. The first-order valence-corrected chi connectivity index (χ1v) is 2.96. The van der Waals surface area contributed by atoms with Gasteiger partial charge in [-0.1, -0.05) is 18.9 Å². The van der Waals surface area contributed by atoms with E-state index in [0.29, 0.717) is 0 Å². The number of allylic oxidation sites excluding steroid dienone is 2. The molecule has 9 heavy (non-hydrogen) atoms. The molecule has 1 saturated carbocycles. The summed E-state index contributed by atoms with van der Waals surface area (Å²) in [6, 6.07) is 1.76. The highest BCUT2D eigenvalue weighted by Crippen LogP contribution is 2.25. The molecular weight excluding hydrogens is 110 g/mol. The zero-order chi connectivity index (χ0) is 10.1. The SMILES string of the molecule is [2H]C1([2H])CCC([2H])([2H])C1/C=C/C#N. The molecule has 0 spiro atoms. The van der Waals surface area contributed by atoms with Crippen molar-refractivity contribution < 1.29 is 5.48 Å². The van der Waals surface area contributed by atoms with Crippen molar-refractivity contribution in [3.63, 3.8) is 0 Å². The molecule has 0 aromatic heterocycles. The Morgan fingerprint density at radius 3 is 2.78 bits per heavy atom. The Bertz CT molecular complexity index is 248. The third kappa shape index (κ3) is 1.89. The number of nitriles is 1. The molecule has 0 radical (unpaired) electrons. The van der Waals surface area contributed by atoms with Crippen LogP contribution >= 0.6 is 0 Å². The molecule has 0 bridgehead atoms. The van der Waals surface area contributed by atoms with Crippen molar-refractivity contribution in [1.82, 2.24) is 0 Å². The van der Waals surface area contributed by atoms with Gasteiger partial charge in [-0.15, -0.1) is 0 Å². The number of nitrogens with zero attached hydrogens (tertiary/aromatic N) is 1. The van der Waals surface area contributed by atoms with Gasteiger partial charge in [-0.2, -0.15) is 5.26 Å². The van der Waals surface area contributed by atoms with Gasteiger partial charge in [0.2, 0.25) is 0 Å². The molecule has 0 aromatic rings. The zero-order valence-corrected chi connectivity index (χ0v) is 5.09. The summed E-state index contributed by atoms with van der Waals surface area (Å²) in [5.41, 5.74) is 0. The van der Waals surface area contributed by atoms with Gasteiger partial charge in [0.1, 0.15) is 0 Å². The smallest absolute Gasteiger partial charge is 0.0908 e. The van der Waals surface area contributed by atoms with Crippen LogP contribution < -0.4 is 0 Å². The molecule has 0 unspecified atom stereocenters. The minimum absolute atomic E-state index is 0.223. The van der Waals surface area contributed by atoms with E-state index in [0.717, 1.165) is 6.08 Å². The molecule has 1 fully saturated rings. The lowest BCUT2D eigenvalue weighted by Crippen LogP contribution is -1.83. The first kappa shape index (κ1) is 2.88. The van der Waals surface area contributed by atoms with E-state index in [1.165, 1.54) is 6.08 Å². The number of hydrogen-bond donors (Lipinski definition) is 0. The maximum atomic E-state index is 8.29. The highest BCUT2D eigenvalue weighted by atomic mass is 14.2. The molecule has 48 valence electrons. The van der Waals surface area contributed by atoms with E-state index in [2.05, 4.69) is 0 Å². The normalized spacial score (nSPS) is 38.6. The fraction of sp³-hybridized carbons (Fsp3) is 0.625. The minimum atomic E-state index is -1.52. The lowest BCUT2D eigenvalue weighted by atomic mass is 10.1. The zero-order valence-electron chi connectivity index (χ0n) is 9.09. The first-order valence-electron chi connectivity index (χ1n) is 4.96. The van der Waals surface area contributed by atoms with Gasteiger partial charge in [0.05, 0.1) is 6.07 Å². The fourth-order valence-corrected chi connectivity index (χ4v) is 0.803. The summed E-state index contributed by atoms with van der Waals surface area (Å²) in [4.78, 5) is 0. The monoisotopic (exact) mass is 125 g/mol. The van der Waals surface area contributed by atoms with Crippen molar-refractivity contribution in [3.05, 3.63) is 12.2 Å². The van der Waals surface area contributed by atoms with Crippen LogP contribution in [0.4, 0.5) is 0 Å². The molecule has 0 saturated heterocycles. The third-order valence-electron chi connectivity index (χ3n) is 1.22. The Kier molecular flexibility index (Phi) is 1.05. The largest absolute Gasteiger partial charge is 0.193 e. The fourth-order valence-electron chi connectivity index (χ4n) is 0.803. The van der Waals surface area contributed by atoms with E-state index in [4.69, 9.17) is 10.7 Å². The van der Waals surface area contributed by atoms with Gasteiger partial charge < -0.3 is 0 Å². The first-order chi connectivity index (χ1) is 5.90. The summed E-state index contributed by atoms with van der Waals surface area (Å²) in [5.74, 6) is -0.792. The quantitative estimate of drug-likeness (QED) is 0.493. The Balaban J connectivity index is 2.89. The van der Waals surface area contributed by atoms with Crippen LogP contribution in [0.2, 0.25) is 0 Å². The van der Waals surface area contributed by atoms with E-state index in [1.54, 1.807) is 6.07 Å². The molecule has 0 N–H and O–H groups in total. The van der Waals surface area contributed by atoms with E-state index < -0.39 is 18.7 Å². The van der Waals surface area contributed by atoms with Gasteiger partial charge in [-0.05, 0) is 18.7 Å². The van der Waals surface area contributed by atoms with E-state index in [-0.39, 0.29) is 12.8 Å². The van der Waals surface area contributed by atoms with Gasteiger partial charge in [-0.3, -0.25) is 0 Å². The highest BCUT2D eigenvalue weighted by Gasteiger charge is 2.10. The molecular formula is C8H11N. The molecule has 0 heterocycles. The molecule has 1 heteroatoms. The molecule has 1 aliphatic rings. The predicted molar refractivity (Wildman–Crippen MR) is 36.7 cm³/mol. The standard InChI is InChI=1S/C8H11N/c9-7-3-6-8-4-1-2-5-8/h3,6,8H,1-2,4-5H2/b6-3+/i4D2,5D2. The second kappa shape index (κ2) is 3.29. The second-order valence-corrected chi connectivity index (χ2v) is 1.87. The third-order valence-corrected chi connectivity index (χ3v) is 1.22. The summed E-state index contributed by atoms with van der Waals surface area (Å²) in [6.45, 7) is 0. The van der Waals surface area contributed by atoms with Crippen LogP contribution in [-0.4, -0.2) is 0 Å². The number of rotatable bonds is 1. The van der Waals surface area contributed by atoms with Crippen molar-refractivity contribution in [2.45, 2.75) is 25.6 Å². The van der Waals surface area contributed by atoms with Crippen LogP contribution in [0.3, 0.4) is 0 Å². The van der Waals surface area contributed by atoms with Gasteiger partial charge in [0.15, 0.2) is 0 Å². The molecule has 1 nitrogen and oxygen atoms in total. The van der Waals surface area contributed by atoms with Crippen LogP contribution in [0.15, 0.2) is 12.2 Å². The van der Waals surface area contributed by atoms with E-state index in [9.17, 15) is 0 Å². The predicted octanol–water partition coefficient (Wildman–Crippen LogP) is 2.26. The molecule has 0 amide bonds. The molecule has 0 atom stereocenters. The van der Waals surface area contributed by atoms with Crippen LogP contribution in [0.25, 0.3) is 0 Å². The lowest BCUT2D eigenvalue weighted by Gasteiger charge is -1.95. The van der Waals surface area contributed by atoms with Gasteiger partial charge in [0, 0.05) is 11.6 Å². The number of hydrogen-bond acceptors (Lipinski definition) is 1. The highest BCUT2D eigenvalue weighted by molar-refractivity contribution is 5.04. The summed E-state index contributed by atoms with van der Waals surface area (Å²) >= 11 is 0. The van der Waals surface area contributed by atoms with Crippen LogP contribution in [0, 0.1) is 17.2 Å². The minimum Gasteiger partial charge on any atom is -0.193 e. The maximum Gasteiger partial charge on any atom is 0.0908 e. The average molecular weight is 125 g/mol. The summed E-state index contributed by atoms with van der Waals surface area (Å²) in [6.07, 6.45) is -0.0901. The van der Waals surface area contributed by atoms with Gasteiger partial charge >= 0.3 is 0 Å². The van der Waals surface area contributed by atoms with Gasteiger partial charge in [0.25, 0.3) is 0 Å². The van der Waals surface area contributed by atoms with Crippen molar-refractivity contribution in [2.24, 2.45) is 5.92 Å². The Morgan fingerprint density at radius 1 is 1.56 bits per heavy atom. The van der Waals surface area contributed by atoms with Crippen LogP contribution in [0.1, 0.15) is 31.1 Å². The average Bonchev–Trinajstić information content (AvgIpc) is 2.20. The van der Waals surface area contributed by atoms with Gasteiger partial charge in [-0.25, -0.2) is 0 Å². The molecule has 1 aliphatic carbocycles. The van der Waals surface area contributed by atoms with E-state index >= 15 is 0 Å². The van der Waals surface area contributed by atoms with Crippen LogP contribution in [0.5, 0.6) is 0 Å². The molecule has 1 rings (SSSR count). The van der Waals surface area contributed by atoms with Crippen molar-refractivity contribution in [2.75, 3.05) is 0 Å². The second-order valence-electron chi connectivity index (χ2n) is 1.87. The summed E-state index contributed by atoms with van der Waals surface area (Å²) in [7, 11) is 0. The maximum absolute atomic E-state index is 8.29. The Morgan fingerprint density at radius 2 is 2.22 bits per heavy atom. The van der Waals surface area contributed by atoms with Crippen molar-refractivity contribution >= 4 is 0 Å².